The van der Waals surface area contributed by atoms with Crippen LogP contribution in [0.25, 0.3) is 0 Å². The Morgan fingerprint density at radius 1 is 1.12 bits per heavy atom. The van der Waals surface area contributed by atoms with Crippen LogP contribution in [0.1, 0.15) is 34.5 Å². The Bertz CT molecular complexity index is 727. The van der Waals surface area contributed by atoms with Gasteiger partial charge < -0.3 is 14.8 Å². The average molecular weight is 327 g/mol. The highest BCUT2D eigenvalue weighted by Gasteiger charge is 2.14. The summed E-state index contributed by atoms with van der Waals surface area (Å²) in [5.74, 6) is -0.135. The van der Waals surface area contributed by atoms with Gasteiger partial charge in [0.15, 0.2) is 6.61 Å². The summed E-state index contributed by atoms with van der Waals surface area (Å²) in [6, 6.07) is 14.3. The lowest BCUT2D eigenvalue weighted by atomic mass is 10.1. The number of methoxy groups -OCH3 is 1. The minimum absolute atomic E-state index is 0.218. The molecule has 0 saturated carbocycles. The fraction of sp³-hybridized carbons (Fsp3) is 0.263. The Kier molecular flexibility index (Phi) is 5.95. The van der Waals surface area contributed by atoms with Gasteiger partial charge in [0.25, 0.3) is 5.91 Å². The van der Waals surface area contributed by atoms with E-state index in [1.165, 1.54) is 0 Å². The van der Waals surface area contributed by atoms with Crippen molar-refractivity contribution in [2.45, 2.75) is 19.9 Å². The summed E-state index contributed by atoms with van der Waals surface area (Å²) in [5.41, 5.74) is 2.19. The fourth-order valence-electron chi connectivity index (χ4n) is 2.29. The number of carbonyl (C=O) groups excluding carboxylic acids is 2. The predicted octanol–water partition coefficient (Wildman–Crippen LogP) is 3.04. The largest absolute Gasteiger partial charge is 0.497 e. The first kappa shape index (κ1) is 17.5. The van der Waals surface area contributed by atoms with E-state index in [4.69, 9.17) is 9.47 Å². The van der Waals surface area contributed by atoms with Crippen LogP contribution >= 0.6 is 0 Å². The van der Waals surface area contributed by atoms with E-state index in [9.17, 15) is 9.59 Å². The van der Waals surface area contributed by atoms with Gasteiger partial charge in [0.1, 0.15) is 5.75 Å². The molecule has 0 fully saturated rings. The molecule has 0 radical (unpaired) electrons. The lowest BCUT2D eigenvalue weighted by Crippen LogP contribution is -2.31. The number of esters is 1. The van der Waals surface area contributed by atoms with Crippen LogP contribution < -0.4 is 10.1 Å². The van der Waals surface area contributed by atoms with Gasteiger partial charge in [-0.05, 0) is 43.2 Å². The molecule has 24 heavy (non-hydrogen) atoms. The van der Waals surface area contributed by atoms with Crippen LogP contribution in [0.4, 0.5) is 0 Å². The lowest BCUT2D eigenvalue weighted by Gasteiger charge is -2.15. The Labute approximate surface area is 141 Å². The topological polar surface area (TPSA) is 64.6 Å². The van der Waals surface area contributed by atoms with Gasteiger partial charge in [-0.1, -0.05) is 30.3 Å². The van der Waals surface area contributed by atoms with Crippen molar-refractivity contribution in [3.05, 3.63) is 65.2 Å². The van der Waals surface area contributed by atoms with E-state index in [1.807, 2.05) is 50.2 Å². The molecule has 1 N–H and O–H groups in total. The van der Waals surface area contributed by atoms with E-state index in [2.05, 4.69) is 5.32 Å². The van der Waals surface area contributed by atoms with Crippen LogP contribution in [-0.4, -0.2) is 25.6 Å². The summed E-state index contributed by atoms with van der Waals surface area (Å²) in [6.45, 7) is 3.36. The van der Waals surface area contributed by atoms with Crippen molar-refractivity contribution in [1.82, 2.24) is 5.32 Å². The standard InChI is InChI=1S/C19H21NO4/c1-13-7-4-5-10-17(13)19(22)24-12-18(21)20-14(2)15-8-6-9-16(11-15)23-3/h4-11,14H,12H2,1-3H3,(H,20,21)/t14-/m1/s1. The van der Waals surface area contributed by atoms with Crippen molar-refractivity contribution in [3.63, 3.8) is 0 Å². The average Bonchev–Trinajstić information content (AvgIpc) is 2.60. The van der Waals surface area contributed by atoms with Crippen molar-refractivity contribution in [1.29, 1.82) is 0 Å². The van der Waals surface area contributed by atoms with Crippen LogP contribution in [0.5, 0.6) is 5.75 Å². The van der Waals surface area contributed by atoms with Crippen molar-refractivity contribution < 1.29 is 19.1 Å². The zero-order valence-corrected chi connectivity index (χ0v) is 14.0. The van der Waals surface area contributed by atoms with Gasteiger partial charge in [0, 0.05) is 0 Å². The second kappa shape index (κ2) is 8.15. The first-order chi connectivity index (χ1) is 11.5. The predicted molar refractivity (Wildman–Crippen MR) is 91.0 cm³/mol. The maximum Gasteiger partial charge on any atom is 0.338 e. The zero-order chi connectivity index (χ0) is 17.5. The van der Waals surface area contributed by atoms with E-state index >= 15 is 0 Å². The minimum Gasteiger partial charge on any atom is -0.497 e. The number of ether oxygens (including phenoxy) is 2. The minimum atomic E-state index is -0.503. The number of benzene rings is 2. The van der Waals surface area contributed by atoms with Crippen LogP contribution in [0.3, 0.4) is 0 Å². The summed E-state index contributed by atoms with van der Waals surface area (Å²) in [6.07, 6.45) is 0. The molecular formula is C19H21NO4. The number of carbonyl (C=O) groups is 2. The number of hydrogen-bond donors (Lipinski definition) is 1. The summed E-state index contributed by atoms with van der Waals surface area (Å²) in [7, 11) is 1.59. The van der Waals surface area contributed by atoms with Crippen molar-refractivity contribution >= 4 is 11.9 Å². The van der Waals surface area contributed by atoms with Gasteiger partial charge in [0.2, 0.25) is 0 Å². The highest BCUT2D eigenvalue weighted by Crippen LogP contribution is 2.18. The monoisotopic (exact) mass is 327 g/mol. The molecule has 0 unspecified atom stereocenters. The maximum atomic E-state index is 12.0. The van der Waals surface area contributed by atoms with E-state index in [-0.39, 0.29) is 18.6 Å². The highest BCUT2D eigenvalue weighted by molar-refractivity contribution is 5.92. The molecule has 2 aromatic rings. The summed E-state index contributed by atoms with van der Waals surface area (Å²) < 4.78 is 10.2. The normalized spacial score (nSPS) is 11.5. The van der Waals surface area contributed by atoms with Gasteiger partial charge in [-0.3, -0.25) is 4.79 Å². The number of nitrogens with one attached hydrogen (secondary N) is 1. The number of hydrogen-bond acceptors (Lipinski definition) is 4. The smallest absolute Gasteiger partial charge is 0.338 e. The van der Waals surface area contributed by atoms with Crippen LogP contribution in [-0.2, 0) is 9.53 Å². The summed E-state index contributed by atoms with van der Waals surface area (Å²) in [4.78, 5) is 24.0. The second-order valence-corrected chi connectivity index (χ2v) is 5.46. The molecule has 5 heteroatoms. The highest BCUT2D eigenvalue weighted by atomic mass is 16.5. The molecule has 5 nitrogen and oxygen atoms in total. The first-order valence-corrected chi connectivity index (χ1v) is 7.67. The van der Waals surface area contributed by atoms with E-state index < -0.39 is 5.97 Å². The maximum absolute atomic E-state index is 12.0. The Morgan fingerprint density at radius 3 is 2.58 bits per heavy atom. The molecule has 0 spiro atoms. The van der Waals surface area contributed by atoms with Gasteiger partial charge in [-0.2, -0.15) is 0 Å². The molecule has 0 bridgehead atoms. The molecule has 2 rings (SSSR count). The molecule has 0 saturated heterocycles. The molecule has 126 valence electrons. The Hall–Kier alpha value is -2.82. The van der Waals surface area contributed by atoms with Gasteiger partial charge >= 0.3 is 5.97 Å². The van der Waals surface area contributed by atoms with Crippen LogP contribution in [0, 0.1) is 6.92 Å². The van der Waals surface area contributed by atoms with Gasteiger partial charge in [-0.15, -0.1) is 0 Å². The number of aryl methyl sites for hydroxylation is 1. The third-order valence-corrected chi connectivity index (χ3v) is 3.67. The second-order valence-electron chi connectivity index (χ2n) is 5.46. The molecule has 1 amide bonds. The summed E-state index contributed by atoms with van der Waals surface area (Å²) in [5, 5.41) is 2.80. The van der Waals surface area contributed by atoms with E-state index in [0.717, 1.165) is 16.9 Å². The van der Waals surface area contributed by atoms with Crippen molar-refractivity contribution in [2.24, 2.45) is 0 Å². The van der Waals surface area contributed by atoms with Crippen LogP contribution in [0.15, 0.2) is 48.5 Å². The van der Waals surface area contributed by atoms with Gasteiger partial charge in [0.05, 0.1) is 18.7 Å². The van der Waals surface area contributed by atoms with Crippen molar-refractivity contribution in [3.8, 4) is 5.75 Å². The molecule has 2 aromatic carbocycles. The SMILES string of the molecule is COc1cccc([C@@H](C)NC(=O)COC(=O)c2ccccc2C)c1. The number of rotatable bonds is 6. The Morgan fingerprint density at radius 2 is 1.88 bits per heavy atom. The third kappa shape index (κ3) is 4.59. The molecule has 0 aromatic heterocycles. The van der Waals surface area contributed by atoms with Gasteiger partial charge in [-0.25, -0.2) is 4.79 Å². The summed E-state index contributed by atoms with van der Waals surface area (Å²) >= 11 is 0. The first-order valence-electron chi connectivity index (χ1n) is 7.67. The van der Waals surface area contributed by atoms with Crippen LogP contribution in [0.2, 0.25) is 0 Å². The quantitative estimate of drug-likeness (QED) is 0.828. The molecule has 0 aliphatic rings. The molecular weight excluding hydrogens is 306 g/mol. The molecule has 0 aliphatic carbocycles. The van der Waals surface area contributed by atoms with E-state index in [0.29, 0.717) is 5.56 Å². The zero-order valence-electron chi connectivity index (χ0n) is 14.0. The lowest BCUT2D eigenvalue weighted by molar-refractivity contribution is -0.124. The number of amides is 1. The molecule has 0 heterocycles. The van der Waals surface area contributed by atoms with Crippen molar-refractivity contribution in [2.75, 3.05) is 13.7 Å². The van der Waals surface area contributed by atoms with E-state index in [1.54, 1.807) is 19.2 Å². The fourth-order valence-corrected chi connectivity index (χ4v) is 2.29. The molecule has 1 atom stereocenters. The third-order valence-electron chi connectivity index (χ3n) is 3.67. The Balaban J connectivity index is 1.89. The molecule has 0 aliphatic heterocycles.